The first-order valence-electron chi connectivity index (χ1n) is 4.40. The summed E-state index contributed by atoms with van der Waals surface area (Å²) in [6.45, 7) is 0. The maximum Gasteiger partial charge on any atom is 0.123 e. The first-order chi connectivity index (χ1) is 6.76. The molecule has 0 bridgehead atoms. The van der Waals surface area contributed by atoms with Crippen LogP contribution in [0.4, 0.5) is 4.39 Å². The van der Waals surface area contributed by atoms with Crippen LogP contribution in [0.15, 0.2) is 24.3 Å². The average molecular weight is 192 g/mol. The summed E-state index contributed by atoms with van der Waals surface area (Å²) in [7, 11) is 0. The van der Waals surface area contributed by atoms with Crippen LogP contribution < -0.4 is 11.3 Å². The van der Waals surface area contributed by atoms with Gasteiger partial charge in [-0.1, -0.05) is 12.1 Å². The SMILES string of the molecule is C#CCC(Cc1ccc(F)cc1)NN. The van der Waals surface area contributed by atoms with E-state index in [2.05, 4.69) is 11.3 Å². The zero-order valence-corrected chi connectivity index (χ0v) is 7.83. The first kappa shape index (κ1) is 10.7. The van der Waals surface area contributed by atoms with Gasteiger partial charge in [-0.15, -0.1) is 12.3 Å². The van der Waals surface area contributed by atoms with Gasteiger partial charge in [0, 0.05) is 12.5 Å². The number of rotatable bonds is 4. The van der Waals surface area contributed by atoms with Gasteiger partial charge in [0.1, 0.15) is 5.82 Å². The molecular formula is C11H13FN2. The molecule has 1 atom stereocenters. The third-order valence-corrected chi connectivity index (χ3v) is 2.00. The fourth-order valence-electron chi connectivity index (χ4n) is 1.24. The lowest BCUT2D eigenvalue weighted by Gasteiger charge is -2.12. The maximum absolute atomic E-state index is 12.6. The van der Waals surface area contributed by atoms with Gasteiger partial charge in [0.15, 0.2) is 0 Å². The number of terminal acetylenes is 1. The van der Waals surface area contributed by atoms with E-state index in [0.29, 0.717) is 12.8 Å². The van der Waals surface area contributed by atoms with Crippen LogP contribution in [0.2, 0.25) is 0 Å². The summed E-state index contributed by atoms with van der Waals surface area (Å²) >= 11 is 0. The van der Waals surface area contributed by atoms with Crippen LogP contribution in [0.25, 0.3) is 0 Å². The van der Waals surface area contributed by atoms with E-state index in [0.717, 1.165) is 5.56 Å². The summed E-state index contributed by atoms with van der Waals surface area (Å²) in [6, 6.07) is 6.37. The Labute approximate surface area is 83.3 Å². The average Bonchev–Trinajstić information content (AvgIpc) is 2.20. The second-order valence-electron chi connectivity index (χ2n) is 3.10. The van der Waals surface area contributed by atoms with E-state index < -0.39 is 0 Å². The van der Waals surface area contributed by atoms with Crippen molar-refractivity contribution in [1.29, 1.82) is 0 Å². The highest BCUT2D eigenvalue weighted by atomic mass is 19.1. The molecule has 0 aromatic heterocycles. The van der Waals surface area contributed by atoms with Crippen LogP contribution in [0.5, 0.6) is 0 Å². The lowest BCUT2D eigenvalue weighted by atomic mass is 10.0. The van der Waals surface area contributed by atoms with Crippen molar-refractivity contribution in [3.8, 4) is 12.3 Å². The van der Waals surface area contributed by atoms with E-state index in [4.69, 9.17) is 12.3 Å². The van der Waals surface area contributed by atoms with Crippen molar-refractivity contribution in [3.63, 3.8) is 0 Å². The van der Waals surface area contributed by atoms with Crippen molar-refractivity contribution in [2.75, 3.05) is 0 Å². The lowest BCUT2D eigenvalue weighted by molar-refractivity contribution is 0.536. The Morgan fingerprint density at radius 1 is 1.43 bits per heavy atom. The lowest BCUT2D eigenvalue weighted by Crippen LogP contribution is -2.36. The molecule has 0 spiro atoms. The zero-order chi connectivity index (χ0) is 10.4. The summed E-state index contributed by atoms with van der Waals surface area (Å²) in [6.07, 6.45) is 6.45. The molecule has 1 unspecified atom stereocenters. The molecule has 0 heterocycles. The standard InChI is InChI=1S/C11H13FN2/c1-2-3-11(14-13)8-9-4-6-10(12)7-5-9/h1,4-7,11,14H,3,8,13H2. The van der Waals surface area contributed by atoms with Crippen molar-refractivity contribution in [2.45, 2.75) is 18.9 Å². The molecule has 1 aromatic rings. The highest BCUT2D eigenvalue weighted by Crippen LogP contribution is 2.06. The van der Waals surface area contributed by atoms with Crippen molar-refractivity contribution in [3.05, 3.63) is 35.6 Å². The van der Waals surface area contributed by atoms with Gasteiger partial charge in [0.2, 0.25) is 0 Å². The van der Waals surface area contributed by atoms with E-state index in [1.807, 2.05) is 0 Å². The van der Waals surface area contributed by atoms with Gasteiger partial charge in [0.05, 0.1) is 0 Å². The highest BCUT2D eigenvalue weighted by molar-refractivity contribution is 5.17. The number of nitrogens with two attached hydrogens (primary N) is 1. The van der Waals surface area contributed by atoms with Crippen molar-refractivity contribution in [2.24, 2.45) is 5.84 Å². The minimum absolute atomic E-state index is 0.0467. The second kappa shape index (κ2) is 5.38. The largest absolute Gasteiger partial charge is 0.271 e. The summed E-state index contributed by atoms with van der Waals surface area (Å²) in [5.74, 6) is 7.62. The first-order valence-corrected chi connectivity index (χ1v) is 4.40. The highest BCUT2D eigenvalue weighted by Gasteiger charge is 2.05. The Hall–Kier alpha value is -1.37. The number of benzene rings is 1. The number of hydrogen-bond acceptors (Lipinski definition) is 2. The van der Waals surface area contributed by atoms with Crippen molar-refractivity contribution >= 4 is 0 Å². The number of halogens is 1. The zero-order valence-electron chi connectivity index (χ0n) is 7.83. The molecule has 0 radical (unpaired) electrons. The van der Waals surface area contributed by atoms with Gasteiger partial charge in [0.25, 0.3) is 0 Å². The molecule has 1 aromatic carbocycles. The molecule has 0 fully saturated rings. The smallest absolute Gasteiger partial charge is 0.123 e. The minimum Gasteiger partial charge on any atom is -0.271 e. The van der Waals surface area contributed by atoms with Gasteiger partial charge in [-0.3, -0.25) is 11.3 Å². The van der Waals surface area contributed by atoms with E-state index in [-0.39, 0.29) is 11.9 Å². The predicted molar refractivity (Wildman–Crippen MR) is 54.7 cm³/mol. The molecular weight excluding hydrogens is 179 g/mol. The molecule has 14 heavy (non-hydrogen) atoms. The fraction of sp³-hybridized carbons (Fsp3) is 0.273. The topological polar surface area (TPSA) is 38.0 Å². The molecule has 0 saturated carbocycles. The Morgan fingerprint density at radius 2 is 2.07 bits per heavy atom. The third kappa shape index (κ3) is 3.17. The fourth-order valence-corrected chi connectivity index (χ4v) is 1.24. The molecule has 2 nitrogen and oxygen atoms in total. The van der Waals surface area contributed by atoms with Crippen molar-refractivity contribution < 1.29 is 4.39 Å². The monoisotopic (exact) mass is 192 g/mol. The Morgan fingerprint density at radius 3 is 2.57 bits per heavy atom. The third-order valence-electron chi connectivity index (χ3n) is 2.00. The van der Waals surface area contributed by atoms with Crippen LogP contribution >= 0.6 is 0 Å². The second-order valence-corrected chi connectivity index (χ2v) is 3.10. The summed E-state index contributed by atoms with van der Waals surface area (Å²) in [5, 5.41) is 0. The molecule has 0 amide bonds. The maximum atomic E-state index is 12.6. The quantitative estimate of drug-likeness (QED) is 0.427. The van der Waals surface area contributed by atoms with Crippen LogP contribution in [-0.2, 0) is 6.42 Å². The van der Waals surface area contributed by atoms with Gasteiger partial charge in [-0.2, -0.15) is 0 Å². The number of hydrogen-bond donors (Lipinski definition) is 2. The molecule has 0 aliphatic heterocycles. The molecule has 0 aliphatic rings. The van der Waals surface area contributed by atoms with E-state index in [1.165, 1.54) is 12.1 Å². The van der Waals surface area contributed by atoms with Gasteiger partial charge >= 0.3 is 0 Å². The van der Waals surface area contributed by atoms with Crippen molar-refractivity contribution in [1.82, 2.24) is 5.43 Å². The molecule has 0 aliphatic carbocycles. The van der Waals surface area contributed by atoms with Crippen LogP contribution in [0.3, 0.4) is 0 Å². The summed E-state index contributed by atoms with van der Waals surface area (Å²) < 4.78 is 12.6. The minimum atomic E-state index is -0.233. The molecule has 3 heteroatoms. The summed E-state index contributed by atoms with van der Waals surface area (Å²) in [4.78, 5) is 0. The van der Waals surface area contributed by atoms with Gasteiger partial charge < -0.3 is 0 Å². The van der Waals surface area contributed by atoms with E-state index in [1.54, 1.807) is 12.1 Å². The Balaban J connectivity index is 2.59. The molecule has 74 valence electrons. The predicted octanol–water partition coefficient (Wildman–Crippen LogP) is 1.22. The molecule has 3 N–H and O–H groups in total. The molecule has 1 rings (SSSR count). The van der Waals surface area contributed by atoms with Gasteiger partial charge in [-0.05, 0) is 24.1 Å². The van der Waals surface area contributed by atoms with E-state index >= 15 is 0 Å². The Bertz CT molecular complexity index is 313. The Kier molecular flexibility index (Phi) is 4.11. The normalized spacial score (nSPS) is 12.1. The van der Waals surface area contributed by atoms with Crippen LogP contribution in [-0.4, -0.2) is 6.04 Å². The van der Waals surface area contributed by atoms with Gasteiger partial charge in [-0.25, -0.2) is 4.39 Å². The van der Waals surface area contributed by atoms with E-state index in [9.17, 15) is 4.39 Å². The van der Waals surface area contributed by atoms with Crippen LogP contribution in [0, 0.1) is 18.2 Å². The molecule has 0 saturated heterocycles. The number of hydrazine groups is 1. The number of nitrogens with one attached hydrogen (secondary N) is 1. The summed E-state index contributed by atoms with van der Waals surface area (Å²) in [5.41, 5.74) is 3.65. The van der Waals surface area contributed by atoms with Crippen LogP contribution in [0.1, 0.15) is 12.0 Å².